The molecule has 0 saturated carbocycles. The lowest BCUT2D eigenvalue weighted by Crippen LogP contribution is -2.30. The van der Waals surface area contributed by atoms with Crippen LogP contribution in [-0.2, 0) is 17.6 Å². The highest BCUT2D eigenvalue weighted by Crippen LogP contribution is 2.20. The van der Waals surface area contributed by atoms with E-state index >= 15 is 0 Å². The van der Waals surface area contributed by atoms with Crippen molar-refractivity contribution in [1.82, 2.24) is 14.6 Å². The number of anilines is 2. The molecule has 142 valence electrons. The summed E-state index contributed by atoms with van der Waals surface area (Å²) in [6.45, 7) is 4.27. The average Bonchev–Trinajstić information content (AvgIpc) is 3.07. The molecule has 0 saturated heterocycles. The number of nitrogens with one attached hydrogen (secondary N) is 1. The van der Waals surface area contributed by atoms with E-state index < -0.39 is 0 Å². The molecule has 0 atom stereocenters. The minimum atomic E-state index is -0.195. The Morgan fingerprint density at radius 1 is 1.26 bits per heavy atom. The standard InChI is InChI=1S/C19H23N5O2S/c1-4-6-15-11-17(26)24-18(21-15)27-19(22-24)23(3)12-16(25)20-14-9-7-13(5-2)8-10-14/h7-11H,4-6,12H2,1-3H3,(H,20,25). The van der Waals surface area contributed by atoms with E-state index in [2.05, 4.69) is 22.3 Å². The first kappa shape index (κ1) is 19.0. The number of likely N-dealkylation sites (N-methyl/N-ethyl adjacent to an activating group) is 1. The third-order valence-corrected chi connectivity index (χ3v) is 5.17. The predicted molar refractivity (Wildman–Crippen MR) is 109 cm³/mol. The first-order valence-corrected chi connectivity index (χ1v) is 9.81. The molecule has 0 radical (unpaired) electrons. The van der Waals surface area contributed by atoms with Gasteiger partial charge in [-0.2, -0.15) is 4.52 Å². The van der Waals surface area contributed by atoms with Gasteiger partial charge >= 0.3 is 0 Å². The van der Waals surface area contributed by atoms with Crippen molar-refractivity contribution < 1.29 is 4.79 Å². The largest absolute Gasteiger partial charge is 0.340 e. The van der Waals surface area contributed by atoms with Crippen LogP contribution >= 0.6 is 11.3 Å². The molecule has 0 fully saturated rings. The van der Waals surface area contributed by atoms with Crippen molar-refractivity contribution in [2.24, 2.45) is 0 Å². The van der Waals surface area contributed by atoms with E-state index in [9.17, 15) is 9.59 Å². The molecule has 0 aliphatic carbocycles. The summed E-state index contributed by atoms with van der Waals surface area (Å²) in [5.74, 6) is -0.145. The van der Waals surface area contributed by atoms with Crippen molar-refractivity contribution in [1.29, 1.82) is 0 Å². The number of carbonyl (C=O) groups excluding carboxylic acids is 1. The molecule has 0 unspecified atom stereocenters. The molecule has 8 heteroatoms. The zero-order valence-corrected chi connectivity index (χ0v) is 16.5. The van der Waals surface area contributed by atoms with Crippen LogP contribution in [0.15, 0.2) is 35.1 Å². The quantitative estimate of drug-likeness (QED) is 0.676. The molecule has 0 spiro atoms. The summed E-state index contributed by atoms with van der Waals surface area (Å²) in [5.41, 5.74) is 2.56. The van der Waals surface area contributed by atoms with Gasteiger partial charge in [-0.3, -0.25) is 9.59 Å². The molecule has 1 aromatic carbocycles. The van der Waals surface area contributed by atoms with Crippen molar-refractivity contribution in [2.75, 3.05) is 23.8 Å². The predicted octanol–water partition coefficient (Wildman–Crippen LogP) is 2.74. The summed E-state index contributed by atoms with van der Waals surface area (Å²) >= 11 is 1.30. The van der Waals surface area contributed by atoms with Gasteiger partial charge in [0.1, 0.15) is 0 Å². The van der Waals surface area contributed by atoms with Crippen LogP contribution in [0.4, 0.5) is 10.8 Å². The number of aromatic nitrogens is 3. The van der Waals surface area contributed by atoms with Gasteiger partial charge in [-0.25, -0.2) is 4.98 Å². The summed E-state index contributed by atoms with van der Waals surface area (Å²) in [6.07, 6.45) is 2.64. The van der Waals surface area contributed by atoms with Crippen LogP contribution in [0, 0.1) is 0 Å². The highest BCUT2D eigenvalue weighted by molar-refractivity contribution is 7.20. The van der Waals surface area contributed by atoms with Gasteiger partial charge in [0.25, 0.3) is 5.56 Å². The monoisotopic (exact) mass is 385 g/mol. The van der Waals surface area contributed by atoms with E-state index in [4.69, 9.17) is 0 Å². The van der Waals surface area contributed by atoms with Gasteiger partial charge < -0.3 is 10.2 Å². The van der Waals surface area contributed by atoms with Gasteiger partial charge in [0.15, 0.2) is 0 Å². The van der Waals surface area contributed by atoms with E-state index in [0.717, 1.165) is 30.6 Å². The third kappa shape index (κ3) is 4.51. The average molecular weight is 385 g/mol. The SMILES string of the molecule is CCCc1cc(=O)n2nc(N(C)CC(=O)Nc3ccc(CC)cc3)sc2n1. The van der Waals surface area contributed by atoms with Crippen LogP contribution in [0.25, 0.3) is 4.96 Å². The van der Waals surface area contributed by atoms with Crippen molar-refractivity contribution in [2.45, 2.75) is 33.1 Å². The Morgan fingerprint density at radius 2 is 2.00 bits per heavy atom. The fraction of sp³-hybridized carbons (Fsp3) is 0.368. The maximum Gasteiger partial charge on any atom is 0.275 e. The van der Waals surface area contributed by atoms with E-state index in [0.29, 0.717) is 10.1 Å². The number of fused-ring (bicyclic) bond motifs is 1. The summed E-state index contributed by atoms with van der Waals surface area (Å²) in [6, 6.07) is 9.31. The smallest absolute Gasteiger partial charge is 0.275 e. The first-order valence-electron chi connectivity index (χ1n) is 9.00. The Labute approximate surface area is 161 Å². The fourth-order valence-electron chi connectivity index (χ4n) is 2.69. The molecular formula is C19H23N5O2S. The van der Waals surface area contributed by atoms with E-state index in [1.807, 2.05) is 31.2 Å². The van der Waals surface area contributed by atoms with Crippen LogP contribution in [0.1, 0.15) is 31.5 Å². The second-order valence-corrected chi connectivity index (χ2v) is 7.30. The van der Waals surface area contributed by atoms with Crippen LogP contribution in [0.3, 0.4) is 0 Å². The molecule has 0 aliphatic heterocycles. The Balaban J connectivity index is 1.71. The van der Waals surface area contributed by atoms with E-state index in [1.165, 1.54) is 27.5 Å². The normalized spacial score (nSPS) is 10.9. The second kappa shape index (κ2) is 8.30. The minimum absolute atomic E-state index is 0.131. The summed E-state index contributed by atoms with van der Waals surface area (Å²) in [7, 11) is 1.77. The summed E-state index contributed by atoms with van der Waals surface area (Å²) < 4.78 is 1.29. The maximum absolute atomic E-state index is 12.3. The molecule has 3 aromatic rings. The van der Waals surface area contributed by atoms with Crippen LogP contribution in [0.5, 0.6) is 0 Å². The lowest BCUT2D eigenvalue weighted by Gasteiger charge is -2.14. The number of benzene rings is 1. The van der Waals surface area contributed by atoms with Crippen molar-refractivity contribution in [3.05, 3.63) is 51.9 Å². The zero-order valence-electron chi connectivity index (χ0n) is 15.7. The highest BCUT2D eigenvalue weighted by Gasteiger charge is 2.14. The molecule has 27 heavy (non-hydrogen) atoms. The molecular weight excluding hydrogens is 362 g/mol. The molecule has 1 N–H and O–H groups in total. The highest BCUT2D eigenvalue weighted by atomic mass is 32.1. The number of carbonyl (C=O) groups is 1. The molecule has 2 aromatic heterocycles. The molecule has 3 rings (SSSR count). The number of nitrogens with zero attached hydrogens (tertiary/aromatic N) is 4. The van der Waals surface area contributed by atoms with Gasteiger partial charge in [0, 0.05) is 24.5 Å². The molecule has 0 bridgehead atoms. The minimum Gasteiger partial charge on any atom is -0.340 e. The topological polar surface area (TPSA) is 79.6 Å². The zero-order chi connectivity index (χ0) is 19.4. The van der Waals surface area contributed by atoms with Crippen LogP contribution in [-0.4, -0.2) is 34.1 Å². The van der Waals surface area contributed by atoms with Gasteiger partial charge in [-0.05, 0) is 30.5 Å². The molecule has 2 heterocycles. The Morgan fingerprint density at radius 3 is 2.67 bits per heavy atom. The van der Waals surface area contributed by atoms with Crippen molar-refractivity contribution in [3.8, 4) is 0 Å². The Bertz CT molecular complexity index is 993. The van der Waals surface area contributed by atoms with Crippen LogP contribution < -0.4 is 15.8 Å². The number of amides is 1. The van der Waals surface area contributed by atoms with E-state index in [1.54, 1.807) is 11.9 Å². The van der Waals surface area contributed by atoms with E-state index in [-0.39, 0.29) is 18.0 Å². The van der Waals surface area contributed by atoms with Crippen LogP contribution in [0.2, 0.25) is 0 Å². The number of rotatable bonds is 7. The van der Waals surface area contributed by atoms with Gasteiger partial charge in [-0.15, -0.1) is 5.10 Å². The summed E-state index contributed by atoms with van der Waals surface area (Å²) in [5, 5.41) is 7.75. The number of hydrogen-bond donors (Lipinski definition) is 1. The van der Waals surface area contributed by atoms with Gasteiger partial charge in [0.2, 0.25) is 16.0 Å². The number of aryl methyl sites for hydroxylation is 2. The van der Waals surface area contributed by atoms with Crippen molar-refractivity contribution >= 4 is 33.0 Å². The van der Waals surface area contributed by atoms with Gasteiger partial charge in [-0.1, -0.05) is 43.7 Å². The Hall–Kier alpha value is -2.74. The fourth-order valence-corrected chi connectivity index (χ4v) is 3.58. The lowest BCUT2D eigenvalue weighted by atomic mass is 10.1. The molecule has 0 aliphatic rings. The first-order chi connectivity index (χ1) is 13.0. The maximum atomic E-state index is 12.3. The second-order valence-electron chi connectivity index (χ2n) is 6.37. The number of hydrogen-bond acceptors (Lipinski definition) is 6. The Kier molecular flexibility index (Phi) is 5.85. The third-order valence-electron chi connectivity index (χ3n) is 4.15. The van der Waals surface area contributed by atoms with Gasteiger partial charge in [0.05, 0.1) is 6.54 Å². The summed E-state index contributed by atoms with van der Waals surface area (Å²) in [4.78, 5) is 31.3. The van der Waals surface area contributed by atoms with Crippen molar-refractivity contribution in [3.63, 3.8) is 0 Å². The lowest BCUT2D eigenvalue weighted by molar-refractivity contribution is -0.114. The molecule has 7 nitrogen and oxygen atoms in total. The molecule has 1 amide bonds.